The molecule has 1 N–H and O–H groups in total. The Hall–Kier alpha value is -2.54. The molecule has 2 heterocycles. The van der Waals surface area contributed by atoms with Crippen molar-refractivity contribution in [3.8, 4) is 11.4 Å². The van der Waals surface area contributed by atoms with Gasteiger partial charge in [-0.3, -0.25) is 0 Å². The minimum absolute atomic E-state index is 0.0239. The van der Waals surface area contributed by atoms with E-state index in [-0.39, 0.29) is 18.8 Å². The number of anilines is 1. The third-order valence-electron chi connectivity index (χ3n) is 4.65. The van der Waals surface area contributed by atoms with Gasteiger partial charge >= 0.3 is 0 Å². The van der Waals surface area contributed by atoms with E-state index in [1.54, 1.807) is 19.3 Å². The maximum absolute atomic E-state index is 13.0. The molecule has 1 aliphatic carbocycles. The smallest absolute Gasteiger partial charge is 0.248 e. The van der Waals surface area contributed by atoms with Crippen LogP contribution in [0.25, 0.3) is 11.4 Å². The second-order valence-electron chi connectivity index (χ2n) is 6.76. The van der Waals surface area contributed by atoms with E-state index < -0.39 is 5.92 Å². The highest BCUT2D eigenvalue weighted by atomic mass is 35.5. The summed E-state index contributed by atoms with van der Waals surface area (Å²) < 4.78 is 30.6. The quantitative estimate of drug-likeness (QED) is 0.602. The molecule has 1 unspecified atom stereocenters. The van der Waals surface area contributed by atoms with Crippen molar-refractivity contribution in [1.29, 1.82) is 0 Å². The third kappa shape index (κ3) is 5.04. The molecule has 2 aromatic heterocycles. The van der Waals surface area contributed by atoms with Gasteiger partial charge in [0.25, 0.3) is 0 Å². The number of nitrogens with zero attached hydrogens (tertiary/aromatic N) is 3. The fraction of sp³-hybridized carbons (Fsp3) is 0.350. The van der Waals surface area contributed by atoms with Crippen molar-refractivity contribution in [2.75, 3.05) is 12.4 Å². The van der Waals surface area contributed by atoms with Crippen LogP contribution in [-0.2, 0) is 0 Å². The zero-order chi connectivity index (χ0) is 20.1. The normalized spacial score (nSPS) is 17.7. The van der Waals surface area contributed by atoms with E-state index in [0.29, 0.717) is 28.6 Å². The van der Waals surface area contributed by atoms with Crippen molar-refractivity contribution in [3.63, 3.8) is 0 Å². The number of hydrogen-bond acceptors (Lipinski definition) is 5. The van der Waals surface area contributed by atoms with E-state index in [2.05, 4.69) is 25.0 Å². The highest BCUT2D eigenvalue weighted by Crippen LogP contribution is 2.44. The van der Waals surface area contributed by atoms with Gasteiger partial charge < -0.3 is 9.84 Å². The number of aromatic nitrogens is 3. The molecule has 0 saturated heterocycles. The average Bonchev–Trinajstić information content (AvgIpc) is 3.32. The number of nitrogens with one attached hydrogen (secondary N) is 1. The van der Waals surface area contributed by atoms with Crippen molar-refractivity contribution in [2.45, 2.75) is 38.0 Å². The average molecular weight is 407 g/mol. The number of halogens is 3. The minimum Gasteiger partial charge on any atom is -0.373 e. The number of pyridine rings is 1. The van der Waals surface area contributed by atoms with Crippen LogP contribution in [0.2, 0.25) is 5.02 Å². The number of rotatable bonds is 3. The van der Waals surface area contributed by atoms with Gasteiger partial charge in [0.05, 0.1) is 10.6 Å². The summed E-state index contributed by atoms with van der Waals surface area (Å²) >= 11 is 5.81. The molecule has 8 heteroatoms. The van der Waals surface area contributed by atoms with Gasteiger partial charge in [-0.15, -0.1) is 0 Å². The molecule has 148 valence electrons. The molecule has 1 saturated carbocycles. The molecule has 28 heavy (non-hydrogen) atoms. The first kappa shape index (κ1) is 20.2. The maximum atomic E-state index is 13.0. The summed E-state index contributed by atoms with van der Waals surface area (Å²) in [6.45, 7) is 2.01. The minimum atomic E-state index is -2.43. The maximum Gasteiger partial charge on any atom is 0.248 e. The lowest BCUT2D eigenvalue weighted by Crippen LogP contribution is -2.09. The van der Waals surface area contributed by atoms with Gasteiger partial charge in [-0.05, 0) is 30.9 Å². The second-order valence-corrected chi connectivity index (χ2v) is 7.20. The Morgan fingerprint density at radius 2 is 1.96 bits per heavy atom. The van der Waals surface area contributed by atoms with E-state index in [1.807, 2.05) is 31.2 Å². The predicted octanol–water partition coefficient (Wildman–Crippen LogP) is 5.72. The van der Waals surface area contributed by atoms with Crippen LogP contribution in [0.3, 0.4) is 0 Å². The van der Waals surface area contributed by atoms with E-state index in [1.165, 1.54) is 12.0 Å². The summed E-state index contributed by atoms with van der Waals surface area (Å²) in [5.41, 5.74) is 2.96. The Bertz CT molecular complexity index is 901. The molecule has 0 bridgehead atoms. The van der Waals surface area contributed by atoms with E-state index in [4.69, 9.17) is 11.6 Å². The van der Waals surface area contributed by atoms with Gasteiger partial charge in [0.1, 0.15) is 5.82 Å². The van der Waals surface area contributed by atoms with Gasteiger partial charge in [-0.1, -0.05) is 46.6 Å². The third-order valence-corrected chi connectivity index (χ3v) is 4.85. The van der Waals surface area contributed by atoms with Gasteiger partial charge in [0.2, 0.25) is 18.1 Å². The van der Waals surface area contributed by atoms with Crippen LogP contribution in [0.4, 0.5) is 14.6 Å². The number of hydrogen-bond donors (Lipinski definition) is 1. The van der Waals surface area contributed by atoms with Crippen molar-refractivity contribution in [3.05, 3.63) is 59.1 Å². The molecule has 0 radical (unpaired) electrons. The highest BCUT2D eigenvalue weighted by molar-refractivity contribution is 6.30. The number of benzene rings is 1. The number of aryl methyl sites for hydroxylation is 1. The lowest BCUT2D eigenvalue weighted by molar-refractivity contribution is 0.00777. The van der Waals surface area contributed by atoms with Gasteiger partial charge in [-0.25, -0.2) is 13.8 Å². The highest BCUT2D eigenvalue weighted by Gasteiger charge is 2.39. The zero-order valence-electron chi connectivity index (χ0n) is 15.6. The SMILES string of the molecule is CNc1ncc(Cl)cc1-c1ncon1.Cc1ccc(C2CCC(F)(F)C2)cc1. The summed E-state index contributed by atoms with van der Waals surface area (Å²) in [4.78, 5) is 8.01. The van der Waals surface area contributed by atoms with Gasteiger partial charge in [-0.2, -0.15) is 4.98 Å². The summed E-state index contributed by atoms with van der Waals surface area (Å²) in [7, 11) is 1.76. The standard InChI is InChI=1S/C12H14F2.C8H7ClN4O/c1-9-2-4-10(5-3-9)11-6-7-12(13,14)8-11;1-10-7-6(2-5(9)3-11-7)8-12-4-14-13-8/h2-5,11H,6-8H2,1H3;2-4H,1H3,(H,10,11). The molecule has 1 aromatic carbocycles. The molecule has 5 nitrogen and oxygen atoms in total. The Kier molecular flexibility index (Phi) is 6.24. The summed E-state index contributed by atoms with van der Waals surface area (Å²) in [5, 5.41) is 7.16. The van der Waals surface area contributed by atoms with E-state index >= 15 is 0 Å². The fourth-order valence-electron chi connectivity index (χ4n) is 3.17. The fourth-order valence-corrected chi connectivity index (χ4v) is 3.33. The topological polar surface area (TPSA) is 63.8 Å². The number of alkyl halides is 2. The first-order valence-electron chi connectivity index (χ1n) is 8.92. The Labute approximate surface area is 167 Å². The molecule has 3 aromatic rings. The van der Waals surface area contributed by atoms with Crippen LogP contribution in [0.1, 0.15) is 36.3 Å². The summed E-state index contributed by atoms with van der Waals surface area (Å²) in [6.07, 6.45) is 3.50. The van der Waals surface area contributed by atoms with Crippen LogP contribution in [0.5, 0.6) is 0 Å². The molecular formula is C20H21ClF2N4O. The van der Waals surface area contributed by atoms with Crippen molar-refractivity contribution >= 4 is 17.4 Å². The van der Waals surface area contributed by atoms with E-state index in [0.717, 1.165) is 5.56 Å². The first-order valence-corrected chi connectivity index (χ1v) is 9.30. The molecule has 1 fully saturated rings. The molecule has 0 spiro atoms. The Morgan fingerprint density at radius 3 is 2.54 bits per heavy atom. The zero-order valence-corrected chi connectivity index (χ0v) is 16.4. The Morgan fingerprint density at radius 1 is 1.21 bits per heavy atom. The first-order chi connectivity index (χ1) is 13.4. The summed E-state index contributed by atoms with van der Waals surface area (Å²) in [5.74, 6) is -1.25. The van der Waals surface area contributed by atoms with E-state index in [9.17, 15) is 8.78 Å². The molecule has 0 aliphatic heterocycles. The Balaban J connectivity index is 0.000000161. The monoisotopic (exact) mass is 406 g/mol. The molecule has 0 amide bonds. The molecule has 1 atom stereocenters. The van der Waals surface area contributed by atoms with Crippen LogP contribution in [0, 0.1) is 6.92 Å². The van der Waals surface area contributed by atoms with Crippen LogP contribution in [0.15, 0.2) is 47.4 Å². The largest absolute Gasteiger partial charge is 0.373 e. The predicted molar refractivity (Wildman–Crippen MR) is 105 cm³/mol. The lowest BCUT2D eigenvalue weighted by atomic mass is 9.97. The summed E-state index contributed by atoms with van der Waals surface area (Å²) in [6, 6.07) is 9.66. The van der Waals surface area contributed by atoms with Crippen LogP contribution < -0.4 is 5.32 Å². The second kappa shape index (κ2) is 8.65. The van der Waals surface area contributed by atoms with Gasteiger partial charge in [0, 0.05) is 26.1 Å². The van der Waals surface area contributed by atoms with Crippen molar-refractivity contribution in [1.82, 2.24) is 15.1 Å². The van der Waals surface area contributed by atoms with Crippen molar-refractivity contribution in [2.24, 2.45) is 0 Å². The van der Waals surface area contributed by atoms with Crippen LogP contribution >= 0.6 is 11.6 Å². The molecular weight excluding hydrogens is 386 g/mol. The molecule has 4 rings (SSSR count). The van der Waals surface area contributed by atoms with Crippen molar-refractivity contribution < 1.29 is 13.3 Å². The molecule has 1 aliphatic rings. The van der Waals surface area contributed by atoms with Gasteiger partial charge in [0.15, 0.2) is 0 Å². The van der Waals surface area contributed by atoms with Crippen LogP contribution in [-0.4, -0.2) is 28.1 Å². The lowest BCUT2D eigenvalue weighted by Gasteiger charge is -2.10.